The maximum atomic E-state index is 12.2. The van der Waals surface area contributed by atoms with Crippen LogP contribution in [-0.2, 0) is 11.2 Å². The van der Waals surface area contributed by atoms with E-state index in [9.17, 15) is 9.90 Å². The van der Waals surface area contributed by atoms with Gasteiger partial charge in [-0.05, 0) is 83.2 Å². The van der Waals surface area contributed by atoms with Gasteiger partial charge in [-0.15, -0.1) is 5.10 Å². The molecule has 7 nitrogen and oxygen atoms in total. The molecule has 1 saturated carbocycles. The fourth-order valence-corrected chi connectivity index (χ4v) is 7.55. The summed E-state index contributed by atoms with van der Waals surface area (Å²) in [5, 5.41) is 18.9. The van der Waals surface area contributed by atoms with Gasteiger partial charge < -0.3 is 14.9 Å². The molecule has 2 aromatic rings. The summed E-state index contributed by atoms with van der Waals surface area (Å²) >= 11 is 0. The van der Waals surface area contributed by atoms with Gasteiger partial charge in [-0.25, -0.2) is 0 Å². The number of nitrogens with zero attached hydrogens (tertiary/aromatic N) is 5. The van der Waals surface area contributed by atoms with Crippen molar-refractivity contribution in [3.63, 3.8) is 0 Å². The van der Waals surface area contributed by atoms with E-state index in [1.807, 2.05) is 62.4 Å². The van der Waals surface area contributed by atoms with Crippen LogP contribution in [0.15, 0.2) is 89.1 Å². The molecule has 2 atom stereocenters. The quantitative estimate of drug-likeness (QED) is 0.245. The third kappa shape index (κ3) is 18.4. The van der Waals surface area contributed by atoms with Gasteiger partial charge in [0, 0.05) is 50.9 Å². The maximum Gasteiger partial charge on any atom is 0.321 e. The molecule has 3 fully saturated rings. The Labute approximate surface area is 331 Å². The number of carboxylic acids is 1. The molecule has 2 saturated heterocycles. The molecule has 0 amide bonds. The number of rotatable bonds is 10. The second kappa shape index (κ2) is 29.1. The lowest BCUT2D eigenvalue weighted by Gasteiger charge is -2.40. The highest BCUT2D eigenvalue weighted by molar-refractivity contribution is 6.05. The summed E-state index contributed by atoms with van der Waals surface area (Å²) in [4.78, 5) is 19.7. The van der Waals surface area contributed by atoms with Gasteiger partial charge in [-0.3, -0.25) is 9.69 Å². The molecular weight excluding hydrogens is 667 g/mol. The fraction of sp³-hybridized carbons (Fsp3) is 0.638. The van der Waals surface area contributed by atoms with Crippen LogP contribution in [-0.4, -0.2) is 88.7 Å². The van der Waals surface area contributed by atoms with Crippen LogP contribution >= 0.6 is 0 Å². The highest BCUT2D eigenvalue weighted by atomic mass is 16.4. The molecule has 0 radical (unpaired) electrons. The maximum absolute atomic E-state index is 12.2. The number of hydrogen-bond acceptors (Lipinski definition) is 6. The van der Waals surface area contributed by atoms with Crippen LogP contribution in [0.1, 0.15) is 131 Å². The molecule has 2 aromatic carbocycles. The topological polar surface area (TPSA) is 71.7 Å². The molecule has 3 aliphatic heterocycles. The first-order chi connectivity index (χ1) is 26.3. The summed E-state index contributed by atoms with van der Waals surface area (Å²) in [5.41, 5.74) is 2.48. The summed E-state index contributed by atoms with van der Waals surface area (Å²) in [6.45, 7) is 20.9. The van der Waals surface area contributed by atoms with E-state index in [4.69, 9.17) is 0 Å². The number of aliphatic carboxylic acids is 1. The monoisotopic (exact) mass is 744 g/mol. The van der Waals surface area contributed by atoms with E-state index in [-0.39, 0.29) is 6.04 Å². The first-order valence-corrected chi connectivity index (χ1v) is 21.5. The second-order valence-corrected chi connectivity index (χ2v) is 15.3. The number of likely N-dealkylation sites (tertiary alicyclic amines) is 2. The van der Waals surface area contributed by atoms with Crippen LogP contribution in [0.25, 0.3) is 0 Å². The lowest BCUT2D eigenvalue weighted by atomic mass is 9.83. The lowest BCUT2D eigenvalue weighted by Crippen LogP contribution is -2.49. The Hall–Kier alpha value is -3.29. The largest absolute Gasteiger partial charge is 0.480 e. The average molecular weight is 744 g/mol. The Morgan fingerprint density at radius 1 is 0.815 bits per heavy atom. The van der Waals surface area contributed by atoms with Crippen molar-refractivity contribution < 1.29 is 9.90 Å². The summed E-state index contributed by atoms with van der Waals surface area (Å²) < 4.78 is 0. The first-order valence-electron chi connectivity index (χ1n) is 21.5. The van der Waals surface area contributed by atoms with Crippen molar-refractivity contribution in [2.75, 3.05) is 39.3 Å². The van der Waals surface area contributed by atoms with Crippen molar-refractivity contribution in [2.45, 2.75) is 144 Å². The summed E-state index contributed by atoms with van der Waals surface area (Å²) in [5.74, 6) is 1.47. The Bertz CT molecular complexity index is 1270. The zero-order valence-corrected chi connectivity index (χ0v) is 35.3. The highest BCUT2D eigenvalue weighted by Crippen LogP contribution is 2.32. The van der Waals surface area contributed by atoms with Gasteiger partial charge in [-0.1, -0.05) is 145 Å². The van der Waals surface area contributed by atoms with Crippen molar-refractivity contribution >= 4 is 17.5 Å². The van der Waals surface area contributed by atoms with E-state index >= 15 is 0 Å². The molecular formula is C47H77N5O2. The zero-order chi connectivity index (χ0) is 39.4. The van der Waals surface area contributed by atoms with E-state index in [0.29, 0.717) is 17.9 Å². The van der Waals surface area contributed by atoms with E-state index < -0.39 is 5.97 Å². The van der Waals surface area contributed by atoms with Gasteiger partial charge in [0.25, 0.3) is 0 Å². The third-order valence-corrected chi connectivity index (χ3v) is 10.6. The number of piperidine rings is 1. The molecule has 3 heterocycles. The number of carboxylic acid groups (broad SMARTS) is 1. The van der Waals surface area contributed by atoms with Gasteiger partial charge in [0.15, 0.2) is 0 Å². The number of amidine groups is 1. The summed E-state index contributed by atoms with van der Waals surface area (Å²) in [7, 11) is 0. The van der Waals surface area contributed by atoms with Gasteiger partial charge in [-0.2, -0.15) is 5.10 Å². The van der Waals surface area contributed by atoms with Crippen LogP contribution < -0.4 is 0 Å². The van der Waals surface area contributed by atoms with Gasteiger partial charge >= 0.3 is 5.97 Å². The zero-order valence-electron chi connectivity index (χ0n) is 35.3. The van der Waals surface area contributed by atoms with E-state index in [1.165, 1.54) is 44.1 Å². The number of allylic oxidation sites excluding steroid dienone is 2. The summed E-state index contributed by atoms with van der Waals surface area (Å²) in [6, 6.07) is 23.0. The predicted octanol–water partition coefficient (Wildman–Crippen LogP) is 11.0. The van der Waals surface area contributed by atoms with Gasteiger partial charge in [0.2, 0.25) is 0 Å². The van der Waals surface area contributed by atoms with Crippen LogP contribution in [0.4, 0.5) is 0 Å². The smallest absolute Gasteiger partial charge is 0.321 e. The van der Waals surface area contributed by atoms with E-state index in [1.54, 1.807) is 0 Å². The minimum atomic E-state index is -0.599. The van der Waals surface area contributed by atoms with Crippen molar-refractivity contribution in [2.24, 2.45) is 22.0 Å². The third-order valence-electron chi connectivity index (χ3n) is 10.6. The van der Waals surface area contributed by atoms with Crippen LogP contribution in [0.2, 0.25) is 0 Å². The normalized spacial score (nSPS) is 19.7. The lowest BCUT2D eigenvalue weighted by molar-refractivity contribution is -0.145. The van der Waals surface area contributed by atoms with Crippen molar-refractivity contribution in [1.82, 2.24) is 14.7 Å². The average Bonchev–Trinajstić information content (AvgIpc) is 3.86. The predicted molar refractivity (Wildman–Crippen MR) is 233 cm³/mol. The number of benzene rings is 2. The van der Waals surface area contributed by atoms with Gasteiger partial charge in [0.1, 0.15) is 11.9 Å². The minimum absolute atomic E-state index is 0.271. The highest BCUT2D eigenvalue weighted by Gasteiger charge is 2.39. The SMILES string of the molecule is C/C=C\C.CC1=NN=C(N(CCc2ccccc2)C2CCN(CC3CCN(C(C(=O)O)C4CCCCC4)C3)CC2)C1.CCC.CCCC.c1ccccc1. The fourth-order valence-electron chi connectivity index (χ4n) is 7.55. The molecule has 54 heavy (non-hydrogen) atoms. The van der Waals surface area contributed by atoms with Crippen molar-refractivity contribution in [3.8, 4) is 0 Å². The van der Waals surface area contributed by atoms with Crippen LogP contribution in [0, 0.1) is 11.8 Å². The van der Waals surface area contributed by atoms with Crippen molar-refractivity contribution in [3.05, 3.63) is 84.4 Å². The molecule has 0 aromatic heterocycles. The Kier molecular flexibility index (Phi) is 25.2. The molecule has 7 heteroatoms. The Morgan fingerprint density at radius 3 is 1.85 bits per heavy atom. The number of carbonyl (C=O) groups is 1. The van der Waals surface area contributed by atoms with Gasteiger partial charge in [0.05, 0.1) is 0 Å². The second-order valence-electron chi connectivity index (χ2n) is 15.3. The standard InChI is InChI=1S/C30H45N5O2.C6H6.C4H10.C4H8.C3H8/c1-23-20-28(32-31-23)35(19-13-24-8-4-2-5-9-24)27-14-16-33(17-15-27)21-25-12-18-34(22-25)29(30(36)37)26-10-6-3-7-11-26;1-2-4-6-5-3-1;2*1-3-4-2;1-3-2/h2,4-5,8-9,25-27,29H,3,6-7,10-22H2,1H3,(H,36,37);1-6H;3-4H2,1-2H3;3-4H,1-2H3;3H2,1-2H3/b;;;4-3-;. The van der Waals surface area contributed by atoms with Crippen LogP contribution in [0.3, 0.4) is 0 Å². The molecule has 6 rings (SSSR count). The Balaban J connectivity index is 0.000000494. The molecule has 4 aliphatic rings. The molecule has 0 bridgehead atoms. The first kappa shape index (κ1) is 46.9. The molecule has 2 unspecified atom stereocenters. The Morgan fingerprint density at radius 2 is 1.37 bits per heavy atom. The molecule has 302 valence electrons. The van der Waals surface area contributed by atoms with Crippen LogP contribution in [0.5, 0.6) is 0 Å². The molecule has 1 aliphatic carbocycles. The van der Waals surface area contributed by atoms with E-state index in [2.05, 4.69) is 89.9 Å². The van der Waals surface area contributed by atoms with E-state index in [0.717, 1.165) is 95.8 Å². The molecule has 0 spiro atoms. The number of unbranched alkanes of at least 4 members (excludes halogenated alkanes) is 1. The van der Waals surface area contributed by atoms with Crippen molar-refractivity contribution in [1.29, 1.82) is 0 Å². The minimum Gasteiger partial charge on any atom is -0.480 e. The number of hydrogen-bond donors (Lipinski definition) is 1. The molecule has 1 N–H and O–H groups in total. The summed E-state index contributed by atoms with van der Waals surface area (Å²) in [6.07, 6.45) is 19.1.